The number of ether oxygens (including phenoxy) is 3. The smallest absolute Gasteiger partial charge is 0.323 e. The minimum Gasteiger partial charge on any atom is -0.497 e. The summed E-state index contributed by atoms with van der Waals surface area (Å²) in [5.74, 6) is 0.580. The molecule has 1 saturated heterocycles. The first-order valence-electron chi connectivity index (χ1n) is 6.98. The van der Waals surface area contributed by atoms with Gasteiger partial charge in [0.05, 0.1) is 19.8 Å². The van der Waals surface area contributed by atoms with Gasteiger partial charge in [0, 0.05) is 13.0 Å². The van der Waals surface area contributed by atoms with Crippen LogP contribution in [0.1, 0.15) is 12.0 Å². The van der Waals surface area contributed by atoms with Crippen LogP contribution in [0.4, 0.5) is 0 Å². The molecule has 0 bridgehead atoms. The lowest BCUT2D eigenvalue weighted by Crippen LogP contribution is -2.32. The molecule has 0 aliphatic carbocycles. The maximum absolute atomic E-state index is 11.7. The van der Waals surface area contributed by atoms with Crippen molar-refractivity contribution in [2.75, 3.05) is 20.3 Å². The molecular weight excluding hydrogens is 270 g/mol. The van der Waals surface area contributed by atoms with E-state index in [0.29, 0.717) is 19.6 Å². The highest BCUT2D eigenvalue weighted by Crippen LogP contribution is 2.16. The fourth-order valence-electron chi connectivity index (χ4n) is 2.19. The van der Waals surface area contributed by atoms with Crippen molar-refractivity contribution in [1.82, 2.24) is 5.32 Å². The molecule has 1 aromatic carbocycles. The highest BCUT2D eigenvalue weighted by Gasteiger charge is 2.30. The molecule has 0 radical (unpaired) electrons. The number of benzene rings is 1. The second kappa shape index (κ2) is 7.81. The van der Waals surface area contributed by atoms with Crippen molar-refractivity contribution in [3.8, 4) is 5.75 Å². The highest BCUT2D eigenvalue weighted by atomic mass is 16.5. The molecule has 2 rings (SSSR count). The Morgan fingerprint density at radius 3 is 2.86 bits per heavy atom. The first-order valence-corrected chi connectivity index (χ1v) is 6.98. The molecule has 1 heterocycles. The van der Waals surface area contributed by atoms with E-state index in [9.17, 15) is 4.79 Å². The molecule has 1 aliphatic rings. The van der Waals surface area contributed by atoms with Crippen molar-refractivity contribution < 1.29 is 19.0 Å². The minimum atomic E-state index is -0.286. The summed E-state index contributed by atoms with van der Waals surface area (Å²) in [4.78, 5) is 11.7. The zero-order valence-corrected chi connectivity index (χ0v) is 12.2. The standard InChI is InChI=1S/C16H21NO4/c1-3-8-20-16(18)15-9-14(10-17-15)21-11-12-4-6-13(19-2)7-5-12/h3-7,14-15,17H,1,8-11H2,2H3/t14-,15?/m1/s1. The topological polar surface area (TPSA) is 56.8 Å². The molecule has 2 atom stereocenters. The predicted molar refractivity (Wildman–Crippen MR) is 79.1 cm³/mol. The van der Waals surface area contributed by atoms with Crippen LogP contribution in [-0.2, 0) is 20.9 Å². The van der Waals surface area contributed by atoms with Crippen molar-refractivity contribution >= 4 is 5.97 Å². The fourth-order valence-corrected chi connectivity index (χ4v) is 2.19. The van der Waals surface area contributed by atoms with Gasteiger partial charge in [-0.1, -0.05) is 24.8 Å². The van der Waals surface area contributed by atoms with Crippen LogP contribution in [0.5, 0.6) is 5.75 Å². The predicted octanol–water partition coefficient (Wildman–Crippen LogP) is 1.67. The summed E-state index contributed by atoms with van der Waals surface area (Å²) >= 11 is 0. The SMILES string of the molecule is C=CCOC(=O)C1C[C@@H](OCc2ccc(OC)cc2)CN1. The number of esters is 1. The summed E-state index contributed by atoms with van der Waals surface area (Å²) in [6.07, 6.45) is 2.21. The molecule has 1 unspecified atom stereocenters. The quantitative estimate of drug-likeness (QED) is 0.612. The summed E-state index contributed by atoms with van der Waals surface area (Å²) in [5.41, 5.74) is 1.08. The van der Waals surface area contributed by atoms with Gasteiger partial charge in [0.25, 0.3) is 0 Å². The van der Waals surface area contributed by atoms with Gasteiger partial charge in [-0.25, -0.2) is 0 Å². The third kappa shape index (κ3) is 4.58. The summed E-state index contributed by atoms with van der Waals surface area (Å²) in [7, 11) is 1.64. The Labute approximate surface area is 124 Å². The molecule has 0 amide bonds. The van der Waals surface area contributed by atoms with Gasteiger partial charge in [0.1, 0.15) is 18.4 Å². The van der Waals surface area contributed by atoms with E-state index in [2.05, 4.69) is 11.9 Å². The van der Waals surface area contributed by atoms with Gasteiger partial charge in [-0.05, 0) is 17.7 Å². The number of hydrogen-bond acceptors (Lipinski definition) is 5. The van der Waals surface area contributed by atoms with Crippen LogP contribution in [0.3, 0.4) is 0 Å². The fraction of sp³-hybridized carbons (Fsp3) is 0.438. The molecule has 0 aromatic heterocycles. The summed E-state index contributed by atoms with van der Waals surface area (Å²) in [6, 6.07) is 7.46. The van der Waals surface area contributed by atoms with Gasteiger partial charge in [-0.15, -0.1) is 0 Å². The van der Waals surface area contributed by atoms with Crippen molar-refractivity contribution in [2.45, 2.75) is 25.2 Å². The zero-order chi connectivity index (χ0) is 15.1. The Morgan fingerprint density at radius 2 is 2.19 bits per heavy atom. The summed E-state index contributed by atoms with van der Waals surface area (Å²) in [6.45, 7) is 4.94. The van der Waals surface area contributed by atoms with Crippen LogP contribution in [-0.4, -0.2) is 38.4 Å². The number of nitrogens with one attached hydrogen (secondary N) is 1. The van der Waals surface area contributed by atoms with Crippen LogP contribution in [0.25, 0.3) is 0 Å². The van der Waals surface area contributed by atoms with Gasteiger partial charge < -0.3 is 19.5 Å². The Hall–Kier alpha value is -1.85. The Morgan fingerprint density at radius 1 is 1.43 bits per heavy atom. The third-order valence-electron chi connectivity index (χ3n) is 3.36. The second-order valence-corrected chi connectivity index (χ2v) is 4.90. The molecular formula is C16H21NO4. The number of carbonyl (C=O) groups is 1. The van der Waals surface area contributed by atoms with Gasteiger partial charge in [-0.2, -0.15) is 0 Å². The highest BCUT2D eigenvalue weighted by molar-refractivity contribution is 5.76. The summed E-state index contributed by atoms with van der Waals surface area (Å²) in [5, 5.41) is 3.12. The van der Waals surface area contributed by atoms with E-state index in [1.807, 2.05) is 24.3 Å². The van der Waals surface area contributed by atoms with Crippen molar-refractivity contribution in [3.63, 3.8) is 0 Å². The van der Waals surface area contributed by atoms with Gasteiger partial charge in [-0.3, -0.25) is 4.79 Å². The van der Waals surface area contributed by atoms with E-state index >= 15 is 0 Å². The third-order valence-corrected chi connectivity index (χ3v) is 3.36. The van der Waals surface area contributed by atoms with Crippen molar-refractivity contribution in [1.29, 1.82) is 0 Å². The van der Waals surface area contributed by atoms with Gasteiger partial charge in [0.2, 0.25) is 0 Å². The monoisotopic (exact) mass is 291 g/mol. The Balaban J connectivity index is 1.74. The van der Waals surface area contributed by atoms with Crippen LogP contribution in [0, 0.1) is 0 Å². The van der Waals surface area contributed by atoms with Crippen LogP contribution < -0.4 is 10.1 Å². The molecule has 5 nitrogen and oxygen atoms in total. The van der Waals surface area contributed by atoms with Gasteiger partial charge in [0.15, 0.2) is 0 Å². The average molecular weight is 291 g/mol. The summed E-state index contributed by atoms with van der Waals surface area (Å²) < 4.78 is 15.9. The molecule has 21 heavy (non-hydrogen) atoms. The van der Waals surface area contributed by atoms with Gasteiger partial charge >= 0.3 is 5.97 Å². The van der Waals surface area contributed by atoms with Crippen LogP contribution >= 0.6 is 0 Å². The van der Waals surface area contributed by atoms with Crippen LogP contribution in [0.2, 0.25) is 0 Å². The Kier molecular flexibility index (Phi) is 5.78. The van der Waals surface area contributed by atoms with Crippen molar-refractivity contribution in [2.24, 2.45) is 0 Å². The van der Waals surface area contributed by atoms with E-state index in [1.54, 1.807) is 13.2 Å². The van der Waals surface area contributed by atoms with E-state index < -0.39 is 0 Å². The number of rotatable bonds is 7. The normalized spacial score (nSPS) is 21.0. The second-order valence-electron chi connectivity index (χ2n) is 4.90. The maximum Gasteiger partial charge on any atom is 0.323 e. The van der Waals surface area contributed by atoms with Crippen molar-refractivity contribution in [3.05, 3.63) is 42.5 Å². The molecule has 1 fully saturated rings. The molecule has 0 saturated carbocycles. The van der Waals surface area contributed by atoms with E-state index in [-0.39, 0.29) is 24.7 Å². The number of carbonyl (C=O) groups excluding carboxylic acids is 1. The molecule has 0 spiro atoms. The minimum absolute atomic E-state index is 0.0217. The van der Waals surface area contributed by atoms with E-state index in [0.717, 1.165) is 11.3 Å². The Bertz CT molecular complexity index is 472. The first kappa shape index (κ1) is 15.5. The molecule has 1 aliphatic heterocycles. The first-order chi connectivity index (χ1) is 10.2. The zero-order valence-electron chi connectivity index (χ0n) is 12.2. The largest absolute Gasteiger partial charge is 0.497 e. The number of hydrogen-bond donors (Lipinski definition) is 1. The lowest BCUT2D eigenvalue weighted by atomic mass is 10.2. The van der Waals surface area contributed by atoms with Crippen LogP contribution in [0.15, 0.2) is 36.9 Å². The molecule has 5 heteroatoms. The van der Waals surface area contributed by atoms with E-state index in [4.69, 9.17) is 14.2 Å². The lowest BCUT2D eigenvalue weighted by Gasteiger charge is -2.11. The maximum atomic E-state index is 11.7. The number of methoxy groups -OCH3 is 1. The molecule has 1 aromatic rings. The molecule has 1 N–H and O–H groups in total. The average Bonchev–Trinajstić information content (AvgIpc) is 3.00. The van der Waals surface area contributed by atoms with E-state index in [1.165, 1.54) is 0 Å². The molecule has 114 valence electrons. The lowest BCUT2D eigenvalue weighted by molar-refractivity contribution is -0.144.